The lowest BCUT2D eigenvalue weighted by molar-refractivity contribution is 0.171. The van der Waals surface area contributed by atoms with Crippen LogP contribution in [0.4, 0.5) is 0 Å². The molecule has 0 aliphatic carbocycles. The monoisotopic (exact) mass is 274 g/mol. The predicted octanol–water partition coefficient (Wildman–Crippen LogP) is 3.78. The fraction of sp³-hybridized carbons (Fsp3) is 0.200. The molecule has 0 atom stereocenters. The molecule has 0 aromatic heterocycles. The van der Waals surface area contributed by atoms with Crippen LogP contribution >= 0.6 is 12.0 Å². The third-order valence-corrected chi connectivity index (χ3v) is 3.25. The zero-order chi connectivity index (χ0) is 13.1. The summed E-state index contributed by atoms with van der Waals surface area (Å²) in [4.78, 5) is 0. The fourth-order valence-electron chi connectivity index (χ4n) is 2.05. The van der Waals surface area contributed by atoms with Gasteiger partial charge in [0.25, 0.3) is 0 Å². The third kappa shape index (κ3) is 2.63. The van der Waals surface area contributed by atoms with Crippen LogP contribution in [0.5, 0.6) is 17.2 Å². The molecule has 0 saturated carbocycles. The summed E-state index contributed by atoms with van der Waals surface area (Å²) >= 11 is 1.34. The van der Waals surface area contributed by atoms with Gasteiger partial charge in [-0.2, -0.15) is 0 Å². The normalized spacial score (nSPS) is 13.1. The van der Waals surface area contributed by atoms with Gasteiger partial charge in [0.05, 0.1) is 12.0 Å². The summed E-state index contributed by atoms with van der Waals surface area (Å²) in [5, 5.41) is 0. The smallest absolute Gasteiger partial charge is 0.161 e. The van der Waals surface area contributed by atoms with Gasteiger partial charge in [-0.1, -0.05) is 18.2 Å². The first-order valence-electron chi connectivity index (χ1n) is 6.07. The van der Waals surface area contributed by atoms with E-state index in [-0.39, 0.29) is 0 Å². The Hall–Kier alpha value is -1.81. The van der Waals surface area contributed by atoms with E-state index in [1.807, 2.05) is 42.7 Å². The predicted molar refractivity (Wildman–Crippen MR) is 77.0 cm³/mol. The van der Waals surface area contributed by atoms with Crippen LogP contribution in [0.15, 0.2) is 42.5 Å². The van der Waals surface area contributed by atoms with E-state index in [1.54, 1.807) is 0 Å². The van der Waals surface area contributed by atoms with E-state index in [1.165, 1.54) is 12.0 Å². The van der Waals surface area contributed by atoms with E-state index >= 15 is 0 Å². The van der Waals surface area contributed by atoms with Crippen molar-refractivity contribution < 1.29 is 13.7 Å². The lowest BCUT2D eigenvalue weighted by Crippen LogP contribution is -2.15. The van der Waals surface area contributed by atoms with Crippen molar-refractivity contribution in [1.82, 2.24) is 0 Å². The van der Waals surface area contributed by atoms with Gasteiger partial charge in [-0.15, -0.1) is 0 Å². The number of benzene rings is 2. The molecule has 1 aliphatic heterocycles. The second-order valence-electron chi connectivity index (χ2n) is 4.14. The van der Waals surface area contributed by atoms with Crippen LogP contribution in [0.1, 0.15) is 0 Å². The fourth-order valence-corrected chi connectivity index (χ4v) is 2.34. The molecule has 0 radical (unpaired) electrons. The van der Waals surface area contributed by atoms with Gasteiger partial charge in [-0.3, -0.25) is 0 Å². The van der Waals surface area contributed by atoms with Gasteiger partial charge in [-0.05, 0) is 35.4 Å². The highest BCUT2D eigenvalue weighted by atomic mass is 32.2. The maximum atomic E-state index is 5.60. The first-order chi connectivity index (χ1) is 9.36. The zero-order valence-electron chi connectivity index (χ0n) is 10.6. The topological polar surface area (TPSA) is 27.7 Å². The maximum Gasteiger partial charge on any atom is 0.161 e. The average molecular weight is 274 g/mol. The molecule has 0 saturated heterocycles. The quantitative estimate of drug-likeness (QED) is 0.796. The zero-order valence-corrected chi connectivity index (χ0v) is 11.4. The molecule has 0 amide bonds. The Morgan fingerprint density at radius 1 is 0.947 bits per heavy atom. The van der Waals surface area contributed by atoms with Gasteiger partial charge in [0.1, 0.15) is 19.0 Å². The van der Waals surface area contributed by atoms with Crippen molar-refractivity contribution in [1.29, 1.82) is 0 Å². The lowest BCUT2D eigenvalue weighted by atomic mass is 10.0. The van der Waals surface area contributed by atoms with Crippen LogP contribution < -0.4 is 13.7 Å². The largest absolute Gasteiger partial charge is 0.486 e. The van der Waals surface area contributed by atoms with Gasteiger partial charge in [-0.25, -0.2) is 0 Å². The summed E-state index contributed by atoms with van der Waals surface area (Å²) in [5.41, 5.74) is 2.19. The average Bonchev–Trinajstić information content (AvgIpc) is 2.47. The molecule has 1 aliphatic rings. The Balaban J connectivity index is 1.95. The van der Waals surface area contributed by atoms with Gasteiger partial charge < -0.3 is 13.7 Å². The Bertz CT molecular complexity index is 583. The summed E-state index contributed by atoms with van der Waals surface area (Å²) in [6, 6.07) is 14.0. The molecule has 3 nitrogen and oxygen atoms in total. The minimum Gasteiger partial charge on any atom is -0.486 e. The van der Waals surface area contributed by atoms with Crippen LogP contribution in [-0.4, -0.2) is 19.5 Å². The molecule has 0 fully saturated rings. The van der Waals surface area contributed by atoms with Crippen LogP contribution in [0.2, 0.25) is 0 Å². The SMILES string of the molecule is CSOc1cccc(-c2ccc3c(c2)OCCO3)c1. The van der Waals surface area contributed by atoms with Gasteiger partial charge in [0, 0.05) is 6.26 Å². The van der Waals surface area contributed by atoms with Crippen molar-refractivity contribution in [3.8, 4) is 28.4 Å². The molecule has 0 unspecified atom stereocenters. The highest BCUT2D eigenvalue weighted by Gasteiger charge is 2.12. The molecule has 98 valence electrons. The van der Waals surface area contributed by atoms with E-state index in [4.69, 9.17) is 13.7 Å². The van der Waals surface area contributed by atoms with E-state index in [9.17, 15) is 0 Å². The second kappa shape index (κ2) is 5.45. The van der Waals surface area contributed by atoms with E-state index in [2.05, 4.69) is 6.07 Å². The first-order valence-corrected chi connectivity index (χ1v) is 7.22. The molecular formula is C15H14O3S. The second-order valence-corrected chi connectivity index (χ2v) is 4.64. The van der Waals surface area contributed by atoms with Crippen LogP contribution in [0.3, 0.4) is 0 Å². The molecule has 0 bridgehead atoms. The van der Waals surface area contributed by atoms with E-state index in [0.717, 1.165) is 28.4 Å². The van der Waals surface area contributed by atoms with E-state index < -0.39 is 0 Å². The van der Waals surface area contributed by atoms with Crippen molar-refractivity contribution in [3.05, 3.63) is 42.5 Å². The molecule has 2 aromatic carbocycles. The molecule has 4 heteroatoms. The maximum absolute atomic E-state index is 5.60. The Kier molecular flexibility index (Phi) is 3.51. The van der Waals surface area contributed by atoms with Crippen molar-refractivity contribution >= 4 is 12.0 Å². The van der Waals surface area contributed by atoms with Crippen molar-refractivity contribution in [2.24, 2.45) is 0 Å². The number of hydrogen-bond donors (Lipinski definition) is 0. The summed E-state index contributed by atoms with van der Waals surface area (Å²) in [6.45, 7) is 1.22. The van der Waals surface area contributed by atoms with Gasteiger partial charge in [0.2, 0.25) is 0 Å². The first kappa shape index (κ1) is 12.2. The highest BCUT2D eigenvalue weighted by molar-refractivity contribution is 7.94. The molecular weight excluding hydrogens is 260 g/mol. The minimum atomic E-state index is 0.603. The van der Waals surface area contributed by atoms with Crippen molar-refractivity contribution in [2.45, 2.75) is 0 Å². The summed E-state index contributed by atoms with van der Waals surface area (Å²) < 4.78 is 16.6. The molecule has 3 rings (SSSR count). The van der Waals surface area contributed by atoms with Crippen LogP contribution in [0.25, 0.3) is 11.1 Å². The minimum absolute atomic E-state index is 0.603. The molecule has 2 aromatic rings. The summed E-state index contributed by atoms with van der Waals surface area (Å²) in [7, 11) is 0. The van der Waals surface area contributed by atoms with Crippen LogP contribution in [-0.2, 0) is 0 Å². The van der Waals surface area contributed by atoms with Crippen LogP contribution in [0, 0.1) is 0 Å². The molecule has 19 heavy (non-hydrogen) atoms. The van der Waals surface area contributed by atoms with E-state index in [0.29, 0.717) is 13.2 Å². The summed E-state index contributed by atoms with van der Waals surface area (Å²) in [6.07, 6.45) is 1.90. The van der Waals surface area contributed by atoms with Gasteiger partial charge in [0.15, 0.2) is 11.5 Å². The molecule has 0 spiro atoms. The molecule has 1 heterocycles. The number of fused-ring (bicyclic) bond motifs is 1. The number of rotatable bonds is 3. The van der Waals surface area contributed by atoms with Gasteiger partial charge >= 0.3 is 0 Å². The highest BCUT2D eigenvalue weighted by Crippen LogP contribution is 2.35. The third-order valence-electron chi connectivity index (χ3n) is 2.89. The number of hydrogen-bond acceptors (Lipinski definition) is 4. The summed E-state index contributed by atoms with van der Waals surface area (Å²) in [5.74, 6) is 2.46. The van der Waals surface area contributed by atoms with Crippen molar-refractivity contribution in [3.63, 3.8) is 0 Å². The Morgan fingerprint density at radius 2 is 1.74 bits per heavy atom. The van der Waals surface area contributed by atoms with Crippen molar-refractivity contribution in [2.75, 3.05) is 19.5 Å². The lowest BCUT2D eigenvalue weighted by Gasteiger charge is -2.19. The number of ether oxygens (including phenoxy) is 2. The molecule has 0 N–H and O–H groups in total. The standard InChI is InChI=1S/C15H14O3S/c1-19-18-13-4-2-3-11(9-13)12-5-6-14-15(10-12)17-8-7-16-14/h2-6,9-10H,7-8H2,1H3. The Morgan fingerprint density at radius 3 is 2.58 bits per heavy atom. The Labute approximate surface area is 116 Å².